The average molecular weight is 636 g/mol. The van der Waals surface area contributed by atoms with Gasteiger partial charge in [-0.25, -0.2) is 0 Å². The van der Waals surface area contributed by atoms with Crippen molar-refractivity contribution in [2.75, 3.05) is 36.0 Å². The Hall–Kier alpha value is -4.27. The minimum Gasteiger partial charge on any atom is -0.396 e. The van der Waals surface area contributed by atoms with Crippen molar-refractivity contribution in [3.05, 3.63) is 98.1 Å². The molecule has 3 aliphatic rings. The molecule has 3 fully saturated rings. The van der Waals surface area contributed by atoms with E-state index in [2.05, 4.69) is 20.1 Å². The summed E-state index contributed by atoms with van der Waals surface area (Å²) in [5.74, 6) is -2.35. The summed E-state index contributed by atoms with van der Waals surface area (Å²) in [4.78, 5) is 49.6. The molecule has 3 saturated heterocycles. The molecule has 47 heavy (non-hydrogen) atoms. The van der Waals surface area contributed by atoms with E-state index in [0.29, 0.717) is 37.9 Å². The molecule has 3 unspecified atom stereocenters. The van der Waals surface area contributed by atoms with E-state index in [1.807, 2.05) is 79.7 Å². The number of aliphatic hydroxyl groups excluding tert-OH is 1. The highest BCUT2D eigenvalue weighted by Gasteiger charge is 2.80. The van der Waals surface area contributed by atoms with Gasteiger partial charge in [-0.05, 0) is 73.6 Å². The second-order valence-electron chi connectivity index (χ2n) is 13.4. The number of benzene rings is 3. The number of aliphatic hydroxyl groups is 1. The fourth-order valence-electron chi connectivity index (χ4n) is 8.38. The average Bonchev–Trinajstić information content (AvgIpc) is 3.60. The van der Waals surface area contributed by atoms with Crippen LogP contribution >= 0.6 is 0 Å². The van der Waals surface area contributed by atoms with Gasteiger partial charge in [0.25, 0.3) is 5.91 Å². The lowest BCUT2D eigenvalue weighted by molar-refractivity contribution is -0.145. The molecular formula is C39H45N3O5. The van der Waals surface area contributed by atoms with Gasteiger partial charge in [-0.15, -0.1) is 13.2 Å². The lowest BCUT2D eigenvalue weighted by Crippen LogP contribution is -2.57. The Labute approximate surface area is 277 Å². The smallest absolute Gasteiger partial charge is 0.253 e. The van der Waals surface area contributed by atoms with Gasteiger partial charge in [-0.2, -0.15) is 0 Å². The molecule has 6 rings (SSSR count). The number of hydrogen-bond acceptors (Lipinski definition) is 5. The van der Waals surface area contributed by atoms with E-state index in [1.165, 1.54) is 0 Å². The van der Waals surface area contributed by atoms with Crippen molar-refractivity contribution in [2.24, 2.45) is 17.8 Å². The van der Waals surface area contributed by atoms with Crippen LogP contribution in [0.2, 0.25) is 0 Å². The summed E-state index contributed by atoms with van der Waals surface area (Å²) >= 11 is 0. The van der Waals surface area contributed by atoms with Crippen LogP contribution in [-0.2, 0) is 19.1 Å². The van der Waals surface area contributed by atoms with E-state index in [0.717, 1.165) is 16.5 Å². The van der Waals surface area contributed by atoms with E-state index < -0.39 is 29.1 Å². The first-order chi connectivity index (χ1) is 22.7. The zero-order chi connectivity index (χ0) is 33.3. The Morgan fingerprint density at radius 3 is 2.26 bits per heavy atom. The van der Waals surface area contributed by atoms with Gasteiger partial charge < -0.3 is 24.5 Å². The lowest BCUT2D eigenvalue weighted by atomic mass is 9.62. The topological polar surface area (TPSA) is 90.4 Å². The number of fused-ring (bicyclic) bond motifs is 2. The third-order valence-electron chi connectivity index (χ3n) is 10.6. The number of hydrogen-bond donors (Lipinski definition) is 1. The second-order valence-corrected chi connectivity index (χ2v) is 13.4. The van der Waals surface area contributed by atoms with Gasteiger partial charge in [0.2, 0.25) is 11.8 Å². The van der Waals surface area contributed by atoms with E-state index in [1.54, 1.807) is 26.9 Å². The summed E-state index contributed by atoms with van der Waals surface area (Å²) in [6, 6.07) is 22.4. The molecule has 1 spiro atoms. The Bertz CT molecular complexity index is 1680. The molecule has 3 aliphatic heterocycles. The van der Waals surface area contributed by atoms with Gasteiger partial charge in [-0.1, -0.05) is 67.6 Å². The van der Waals surface area contributed by atoms with Gasteiger partial charge in [0, 0.05) is 37.6 Å². The molecule has 3 heterocycles. The molecule has 3 aromatic rings. The summed E-state index contributed by atoms with van der Waals surface area (Å²) < 4.78 is 7.03. The SMILES string of the molecule is C=CCN(C(=O)C1N(CCCCCO)C(=O)[C@@H]2[C@@H](C(=O)N(CC=C)c3ccccc3)[C@]3(C)OC12CC3C)c1ccc2ccccc2c1. The predicted molar refractivity (Wildman–Crippen MR) is 185 cm³/mol. The molecule has 8 heteroatoms. The molecule has 0 aliphatic carbocycles. The van der Waals surface area contributed by atoms with Crippen LogP contribution in [0, 0.1) is 17.8 Å². The summed E-state index contributed by atoms with van der Waals surface area (Å²) in [6.07, 6.45) is 5.80. The number of rotatable bonds is 13. The van der Waals surface area contributed by atoms with Crippen LogP contribution in [0.1, 0.15) is 39.5 Å². The van der Waals surface area contributed by atoms with Crippen molar-refractivity contribution in [3.8, 4) is 0 Å². The monoisotopic (exact) mass is 635 g/mol. The molecule has 8 nitrogen and oxygen atoms in total. The molecule has 3 amide bonds. The molecule has 0 radical (unpaired) electrons. The first-order valence-electron chi connectivity index (χ1n) is 16.7. The Morgan fingerprint density at radius 1 is 0.915 bits per heavy atom. The molecule has 246 valence electrons. The minimum absolute atomic E-state index is 0.0616. The Balaban J connectivity index is 1.44. The molecule has 2 bridgehead atoms. The zero-order valence-electron chi connectivity index (χ0n) is 27.4. The van der Waals surface area contributed by atoms with Gasteiger partial charge >= 0.3 is 0 Å². The Morgan fingerprint density at radius 2 is 1.57 bits per heavy atom. The first-order valence-corrected chi connectivity index (χ1v) is 16.7. The summed E-state index contributed by atoms with van der Waals surface area (Å²) in [7, 11) is 0. The largest absolute Gasteiger partial charge is 0.396 e. The lowest BCUT2D eigenvalue weighted by Gasteiger charge is -2.39. The molecule has 6 atom stereocenters. The number of amides is 3. The third kappa shape index (κ3) is 5.37. The number of unbranched alkanes of at least 4 members (excludes halogenated alkanes) is 2. The van der Waals surface area contributed by atoms with Gasteiger partial charge in [-0.3, -0.25) is 14.4 Å². The van der Waals surface area contributed by atoms with Crippen LogP contribution in [0.3, 0.4) is 0 Å². The van der Waals surface area contributed by atoms with Crippen molar-refractivity contribution in [3.63, 3.8) is 0 Å². The predicted octanol–water partition coefficient (Wildman–Crippen LogP) is 5.75. The maximum Gasteiger partial charge on any atom is 0.253 e. The maximum atomic E-state index is 15.0. The summed E-state index contributed by atoms with van der Waals surface area (Å²) in [5.41, 5.74) is -0.689. The molecule has 0 saturated carbocycles. The second kappa shape index (κ2) is 13.1. The van der Waals surface area contributed by atoms with Crippen molar-refractivity contribution in [2.45, 2.75) is 56.8 Å². The van der Waals surface area contributed by atoms with Crippen LogP contribution in [0.5, 0.6) is 0 Å². The number of carbonyl (C=O) groups excluding carboxylic acids is 3. The van der Waals surface area contributed by atoms with Crippen LogP contribution < -0.4 is 9.80 Å². The molecule has 0 aromatic heterocycles. The number of nitrogens with zero attached hydrogens (tertiary/aromatic N) is 3. The fraction of sp³-hybridized carbons (Fsp3) is 0.410. The van der Waals surface area contributed by atoms with Gasteiger partial charge in [0.1, 0.15) is 11.6 Å². The quantitative estimate of drug-likeness (QED) is 0.191. The van der Waals surface area contributed by atoms with Crippen LogP contribution in [0.25, 0.3) is 10.8 Å². The number of likely N-dealkylation sites (tertiary alicyclic amines) is 1. The number of anilines is 2. The molecular weight excluding hydrogens is 590 g/mol. The highest BCUT2D eigenvalue weighted by atomic mass is 16.5. The van der Waals surface area contributed by atoms with Crippen molar-refractivity contribution in [1.82, 2.24) is 4.90 Å². The number of ether oxygens (including phenoxy) is 1. The van der Waals surface area contributed by atoms with Crippen molar-refractivity contribution in [1.29, 1.82) is 0 Å². The van der Waals surface area contributed by atoms with E-state index in [-0.39, 0.29) is 43.3 Å². The Kier molecular flexibility index (Phi) is 9.09. The number of para-hydroxylation sites is 1. The summed E-state index contributed by atoms with van der Waals surface area (Å²) in [6.45, 7) is 12.8. The van der Waals surface area contributed by atoms with E-state index in [9.17, 15) is 14.7 Å². The number of carbonyl (C=O) groups is 3. The normalized spacial score (nSPS) is 27.6. The standard InChI is InChI=1S/C39H45N3O5/c1-5-21-40(30-17-9-7-10-18-30)35(44)32-33-36(45)42(23-13-8-14-24-43)34(39(33)26-27(3)38(32,4)47-39)37(46)41(22-6-2)31-20-19-28-15-11-12-16-29(28)25-31/h5-7,9-12,15-20,25,27,32-34,43H,1-2,8,13-14,21-24,26H2,3-4H3/t27?,32-,33-,34?,38+,39?/m0/s1. The van der Waals surface area contributed by atoms with Gasteiger partial charge in [0.15, 0.2) is 0 Å². The first kappa shape index (κ1) is 32.7. The highest BCUT2D eigenvalue weighted by molar-refractivity contribution is 6.07. The zero-order valence-corrected chi connectivity index (χ0v) is 27.4. The summed E-state index contributed by atoms with van der Waals surface area (Å²) in [5, 5.41) is 11.5. The van der Waals surface area contributed by atoms with Crippen LogP contribution in [0.15, 0.2) is 98.1 Å². The van der Waals surface area contributed by atoms with Gasteiger partial charge in [0.05, 0.1) is 17.4 Å². The van der Waals surface area contributed by atoms with E-state index >= 15 is 4.79 Å². The van der Waals surface area contributed by atoms with Crippen LogP contribution in [0.4, 0.5) is 11.4 Å². The fourth-order valence-corrected chi connectivity index (χ4v) is 8.38. The molecule has 3 aromatic carbocycles. The van der Waals surface area contributed by atoms with E-state index in [4.69, 9.17) is 4.74 Å². The maximum absolute atomic E-state index is 15.0. The van der Waals surface area contributed by atoms with Crippen molar-refractivity contribution < 1.29 is 24.2 Å². The van der Waals surface area contributed by atoms with Crippen molar-refractivity contribution >= 4 is 39.9 Å². The van der Waals surface area contributed by atoms with Crippen LogP contribution in [-0.4, -0.2) is 71.2 Å². The molecule has 1 N–H and O–H groups in total. The minimum atomic E-state index is -1.17. The third-order valence-corrected chi connectivity index (χ3v) is 10.6. The highest BCUT2D eigenvalue weighted by Crippen LogP contribution is 2.65.